The third-order valence-electron chi connectivity index (χ3n) is 4.13. The van der Waals surface area contributed by atoms with Gasteiger partial charge in [-0.15, -0.1) is 0 Å². The number of nitrogens with zero attached hydrogens (tertiary/aromatic N) is 3. The Morgan fingerprint density at radius 1 is 1.23 bits per heavy atom. The summed E-state index contributed by atoms with van der Waals surface area (Å²) in [6.45, 7) is 0. The molecule has 2 aromatic heterocycles. The van der Waals surface area contributed by atoms with Crippen LogP contribution in [0.3, 0.4) is 0 Å². The van der Waals surface area contributed by atoms with Crippen LogP contribution in [-0.2, 0) is 5.54 Å². The third-order valence-corrected chi connectivity index (χ3v) is 4.46. The van der Waals surface area contributed by atoms with Crippen molar-refractivity contribution in [3.05, 3.63) is 41.3 Å². The summed E-state index contributed by atoms with van der Waals surface area (Å²) in [7, 11) is 0. The van der Waals surface area contributed by atoms with Crippen LogP contribution in [0, 0.1) is 0 Å². The third kappa shape index (κ3) is 2.03. The van der Waals surface area contributed by atoms with Crippen molar-refractivity contribution < 1.29 is 4.52 Å². The lowest BCUT2D eigenvalue weighted by Gasteiger charge is -2.34. The maximum absolute atomic E-state index is 6.25. The fraction of sp³-hybridized carbons (Fsp3) is 0.267. The number of nitrogens with one attached hydrogen (secondary N) is 1. The topological polar surface area (TPSA) is 93.6 Å². The maximum atomic E-state index is 6.25. The summed E-state index contributed by atoms with van der Waals surface area (Å²) in [5, 5.41) is 11.7. The molecule has 0 unspecified atom stereocenters. The Balaban J connectivity index is 1.76. The normalized spacial score (nSPS) is 16.5. The van der Waals surface area contributed by atoms with Gasteiger partial charge in [-0.3, -0.25) is 5.10 Å². The predicted molar refractivity (Wildman–Crippen MR) is 82.0 cm³/mol. The lowest BCUT2D eigenvalue weighted by molar-refractivity contribution is 0.229. The van der Waals surface area contributed by atoms with Crippen molar-refractivity contribution in [2.45, 2.75) is 24.8 Å². The van der Waals surface area contributed by atoms with E-state index in [-0.39, 0.29) is 0 Å². The van der Waals surface area contributed by atoms with Crippen LogP contribution in [0.1, 0.15) is 25.1 Å². The van der Waals surface area contributed by atoms with Crippen LogP contribution in [0.15, 0.2) is 35.0 Å². The Labute approximate surface area is 131 Å². The molecule has 3 N–H and O–H groups in total. The van der Waals surface area contributed by atoms with E-state index in [2.05, 4.69) is 20.3 Å². The number of hydrogen-bond donors (Lipinski definition) is 2. The Morgan fingerprint density at radius 3 is 2.77 bits per heavy atom. The van der Waals surface area contributed by atoms with Gasteiger partial charge >= 0.3 is 0 Å². The molecule has 0 atom stereocenters. The van der Waals surface area contributed by atoms with Gasteiger partial charge in [0.1, 0.15) is 0 Å². The molecule has 2 heterocycles. The van der Waals surface area contributed by atoms with Crippen LogP contribution in [0.4, 0.5) is 0 Å². The molecule has 0 spiro atoms. The molecule has 0 bridgehead atoms. The van der Waals surface area contributed by atoms with Crippen LogP contribution in [0.2, 0.25) is 5.02 Å². The number of aromatic nitrogens is 4. The molecule has 1 aliphatic carbocycles. The Hall–Kier alpha value is -2.18. The zero-order chi connectivity index (χ0) is 15.2. The molecule has 1 aromatic carbocycles. The summed E-state index contributed by atoms with van der Waals surface area (Å²) in [6.07, 6.45) is 4.51. The molecular formula is C15H14ClN5O. The molecule has 0 saturated heterocycles. The first kappa shape index (κ1) is 13.5. The van der Waals surface area contributed by atoms with Gasteiger partial charge < -0.3 is 10.3 Å². The summed E-state index contributed by atoms with van der Waals surface area (Å²) in [5.74, 6) is 0.954. The number of nitrogens with two attached hydrogens (primary N) is 1. The van der Waals surface area contributed by atoms with Crippen LogP contribution in [-0.4, -0.2) is 20.3 Å². The minimum atomic E-state index is -0.448. The van der Waals surface area contributed by atoms with E-state index in [1.54, 1.807) is 6.20 Å². The molecule has 4 rings (SSSR count). The van der Waals surface area contributed by atoms with Crippen molar-refractivity contribution in [2.24, 2.45) is 5.73 Å². The first-order valence-electron chi connectivity index (χ1n) is 7.09. The SMILES string of the molecule is NC1(c2noc(-c3cn[nH]c3-c3ccccc3Cl)n2)CCC1. The quantitative estimate of drug-likeness (QED) is 0.774. The van der Waals surface area contributed by atoms with E-state index < -0.39 is 5.54 Å². The van der Waals surface area contributed by atoms with Crippen LogP contribution in [0.25, 0.3) is 22.7 Å². The zero-order valence-corrected chi connectivity index (χ0v) is 12.5. The van der Waals surface area contributed by atoms with Gasteiger partial charge in [0, 0.05) is 10.6 Å². The summed E-state index contributed by atoms with van der Waals surface area (Å²) in [4.78, 5) is 4.46. The van der Waals surface area contributed by atoms with Gasteiger partial charge in [0.25, 0.3) is 5.89 Å². The number of hydrogen-bond acceptors (Lipinski definition) is 5. The summed E-state index contributed by atoms with van der Waals surface area (Å²) in [5.41, 5.74) is 8.09. The van der Waals surface area contributed by atoms with Gasteiger partial charge in [-0.2, -0.15) is 10.1 Å². The second-order valence-electron chi connectivity index (χ2n) is 5.57. The molecular weight excluding hydrogens is 302 g/mol. The van der Waals surface area contributed by atoms with E-state index in [9.17, 15) is 0 Å². The van der Waals surface area contributed by atoms with Crippen LogP contribution < -0.4 is 5.73 Å². The lowest BCUT2D eigenvalue weighted by Crippen LogP contribution is -2.44. The highest BCUT2D eigenvalue weighted by molar-refractivity contribution is 6.33. The number of halogens is 1. The molecule has 1 fully saturated rings. The second-order valence-corrected chi connectivity index (χ2v) is 5.98. The molecule has 7 heteroatoms. The number of H-pyrrole nitrogens is 1. The van der Waals surface area contributed by atoms with E-state index >= 15 is 0 Å². The molecule has 112 valence electrons. The highest BCUT2D eigenvalue weighted by Crippen LogP contribution is 2.39. The second kappa shape index (κ2) is 4.93. The maximum Gasteiger partial charge on any atom is 0.261 e. The first-order valence-corrected chi connectivity index (χ1v) is 7.47. The van der Waals surface area contributed by atoms with Gasteiger partial charge in [-0.05, 0) is 25.3 Å². The Morgan fingerprint density at radius 2 is 2.05 bits per heavy atom. The zero-order valence-electron chi connectivity index (χ0n) is 11.7. The average molecular weight is 316 g/mol. The first-order chi connectivity index (χ1) is 10.7. The molecule has 1 saturated carbocycles. The largest absolute Gasteiger partial charge is 0.334 e. The van der Waals surface area contributed by atoms with Crippen molar-refractivity contribution in [2.75, 3.05) is 0 Å². The van der Waals surface area contributed by atoms with Crippen molar-refractivity contribution >= 4 is 11.6 Å². The fourth-order valence-corrected chi connectivity index (χ4v) is 2.86. The predicted octanol–water partition coefficient (Wildman–Crippen LogP) is 3.12. The van der Waals surface area contributed by atoms with Gasteiger partial charge in [-0.1, -0.05) is 35.0 Å². The molecule has 0 radical (unpaired) electrons. The molecule has 3 aromatic rings. The molecule has 1 aliphatic rings. The van der Waals surface area contributed by atoms with Crippen LogP contribution in [0.5, 0.6) is 0 Å². The standard InChI is InChI=1S/C15H14ClN5O/c16-11-5-2-1-4-9(11)12-10(8-18-20-12)13-19-14(21-22-13)15(17)6-3-7-15/h1-2,4-5,8H,3,6-7,17H2,(H,18,20). The lowest BCUT2D eigenvalue weighted by atomic mass is 9.77. The smallest absolute Gasteiger partial charge is 0.261 e. The van der Waals surface area contributed by atoms with Crippen molar-refractivity contribution in [1.29, 1.82) is 0 Å². The monoisotopic (exact) mass is 315 g/mol. The van der Waals surface area contributed by atoms with Gasteiger partial charge in [-0.25, -0.2) is 0 Å². The molecule has 0 aliphatic heterocycles. The van der Waals surface area contributed by atoms with Crippen molar-refractivity contribution in [1.82, 2.24) is 20.3 Å². The van der Waals surface area contributed by atoms with E-state index in [1.807, 2.05) is 24.3 Å². The van der Waals surface area contributed by atoms with Gasteiger partial charge in [0.2, 0.25) is 0 Å². The number of aromatic amines is 1. The van der Waals surface area contributed by atoms with E-state index in [0.717, 1.165) is 36.1 Å². The minimum Gasteiger partial charge on any atom is -0.334 e. The Kier molecular flexibility index (Phi) is 3.02. The van der Waals surface area contributed by atoms with Crippen molar-refractivity contribution in [3.8, 4) is 22.7 Å². The van der Waals surface area contributed by atoms with E-state index in [4.69, 9.17) is 21.9 Å². The molecule has 6 nitrogen and oxygen atoms in total. The average Bonchev–Trinajstić information content (AvgIpc) is 3.14. The summed E-state index contributed by atoms with van der Waals surface area (Å²) in [6, 6.07) is 7.52. The molecule has 22 heavy (non-hydrogen) atoms. The highest BCUT2D eigenvalue weighted by Gasteiger charge is 2.39. The van der Waals surface area contributed by atoms with Crippen LogP contribution >= 0.6 is 11.6 Å². The summed E-state index contributed by atoms with van der Waals surface area (Å²) < 4.78 is 5.39. The highest BCUT2D eigenvalue weighted by atomic mass is 35.5. The van der Waals surface area contributed by atoms with E-state index in [0.29, 0.717) is 16.7 Å². The minimum absolute atomic E-state index is 0.399. The number of benzene rings is 1. The van der Waals surface area contributed by atoms with Gasteiger partial charge in [0.05, 0.1) is 23.0 Å². The van der Waals surface area contributed by atoms with Crippen molar-refractivity contribution in [3.63, 3.8) is 0 Å². The van der Waals surface area contributed by atoms with Gasteiger partial charge in [0.15, 0.2) is 5.82 Å². The Bertz CT molecular complexity index is 821. The summed E-state index contributed by atoms with van der Waals surface area (Å²) >= 11 is 6.25. The van der Waals surface area contributed by atoms with E-state index in [1.165, 1.54) is 0 Å². The number of rotatable bonds is 3. The molecule has 0 amide bonds. The fourth-order valence-electron chi connectivity index (χ4n) is 2.63.